The molecule has 0 aromatic rings. The highest BCUT2D eigenvalue weighted by Crippen LogP contribution is 2.65. The summed E-state index contributed by atoms with van der Waals surface area (Å²) < 4.78 is 0. The van der Waals surface area contributed by atoms with E-state index in [2.05, 4.69) is 24.5 Å². The van der Waals surface area contributed by atoms with E-state index in [4.69, 9.17) is 10.4 Å². The molecule has 0 aromatic heterocycles. The van der Waals surface area contributed by atoms with Gasteiger partial charge in [-0.15, -0.1) is 0 Å². The summed E-state index contributed by atoms with van der Waals surface area (Å²) in [5.74, 6) is 1.26. The van der Waals surface area contributed by atoms with Gasteiger partial charge in [-0.1, -0.05) is 19.0 Å². The third-order valence-electron chi connectivity index (χ3n) is 4.33. The Morgan fingerprint density at radius 2 is 2.00 bits per heavy atom. The van der Waals surface area contributed by atoms with Gasteiger partial charge in [-0.3, -0.25) is 0 Å². The molecular formula is C10H18N2O2. The Labute approximate surface area is 84.0 Å². The zero-order valence-corrected chi connectivity index (χ0v) is 8.91. The van der Waals surface area contributed by atoms with Gasteiger partial charge in [0, 0.05) is 0 Å². The zero-order valence-electron chi connectivity index (χ0n) is 8.91. The summed E-state index contributed by atoms with van der Waals surface area (Å²) in [6, 6.07) is 0. The highest BCUT2D eigenvalue weighted by Gasteiger charge is 2.63. The maximum atomic E-state index is 9.12. The third-order valence-corrected chi connectivity index (χ3v) is 4.33. The van der Waals surface area contributed by atoms with E-state index in [9.17, 15) is 0 Å². The molecule has 2 saturated carbocycles. The van der Waals surface area contributed by atoms with E-state index in [-0.39, 0.29) is 0 Å². The van der Waals surface area contributed by atoms with Crippen LogP contribution < -0.4 is 5.48 Å². The molecule has 4 heteroatoms. The summed E-state index contributed by atoms with van der Waals surface area (Å²) in [7, 11) is 0. The van der Waals surface area contributed by atoms with Crippen molar-refractivity contribution in [3.8, 4) is 0 Å². The van der Waals surface area contributed by atoms with Gasteiger partial charge in [0.05, 0.1) is 11.3 Å². The Morgan fingerprint density at radius 1 is 1.36 bits per heavy atom. The molecule has 0 spiro atoms. The fourth-order valence-electron chi connectivity index (χ4n) is 2.92. The summed E-state index contributed by atoms with van der Waals surface area (Å²) in [4.78, 5) is 0. The van der Waals surface area contributed by atoms with E-state index in [1.165, 1.54) is 0 Å². The minimum atomic E-state index is -0.538. The van der Waals surface area contributed by atoms with Gasteiger partial charge in [0.15, 0.2) is 0 Å². The van der Waals surface area contributed by atoms with Crippen LogP contribution >= 0.6 is 0 Å². The fraction of sp³-hybridized carbons (Fsp3) is 0.900. The minimum absolute atomic E-state index is 0.338. The van der Waals surface area contributed by atoms with Gasteiger partial charge in [-0.05, 0) is 37.0 Å². The standard InChI is InChI=1S/C10H18N2O2/c1-9(2)6-4-8(11-13)10(3,12-14)5-7(6)9/h6-7,12-14H,4-5H2,1-3H3/b11-8-/t6-,7-,10+/m0/s1. The molecule has 4 nitrogen and oxygen atoms in total. The van der Waals surface area contributed by atoms with Crippen LogP contribution in [-0.4, -0.2) is 21.7 Å². The Balaban J connectivity index is 2.23. The lowest BCUT2D eigenvalue weighted by molar-refractivity contribution is 0.0902. The molecule has 14 heavy (non-hydrogen) atoms. The monoisotopic (exact) mass is 198 g/mol. The van der Waals surface area contributed by atoms with Crippen molar-refractivity contribution in [2.75, 3.05) is 0 Å². The number of nitrogens with zero attached hydrogens (tertiary/aromatic N) is 1. The van der Waals surface area contributed by atoms with Crippen molar-refractivity contribution < 1.29 is 10.4 Å². The lowest BCUT2D eigenvalue weighted by Gasteiger charge is -2.32. The van der Waals surface area contributed by atoms with Crippen LogP contribution in [0.2, 0.25) is 0 Å². The molecule has 0 saturated heterocycles. The van der Waals surface area contributed by atoms with Crippen molar-refractivity contribution >= 4 is 5.71 Å². The molecule has 2 rings (SSSR count). The normalized spacial score (nSPS) is 47.6. The van der Waals surface area contributed by atoms with E-state index in [0.29, 0.717) is 23.0 Å². The maximum Gasteiger partial charge on any atom is 0.0818 e. The number of rotatable bonds is 1. The predicted octanol–water partition coefficient (Wildman–Crippen LogP) is 1.62. The zero-order chi connectivity index (χ0) is 10.6. The molecule has 0 heterocycles. The Bertz CT molecular complexity index is 288. The minimum Gasteiger partial charge on any atom is -0.411 e. The maximum absolute atomic E-state index is 9.12. The molecule has 0 unspecified atom stereocenters. The van der Waals surface area contributed by atoms with E-state index in [1.54, 1.807) is 0 Å². The van der Waals surface area contributed by atoms with Gasteiger partial charge >= 0.3 is 0 Å². The fourth-order valence-corrected chi connectivity index (χ4v) is 2.92. The summed E-state index contributed by atoms with van der Waals surface area (Å²) in [6.45, 7) is 6.35. The van der Waals surface area contributed by atoms with Crippen molar-refractivity contribution in [1.82, 2.24) is 5.48 Å². The highest BCUT2D eigenvalue weighted by molar-refractivity contribution is 5.94. The van der Waals surface area contributed by atoms with E-state index < -0.39 is 5.54 Å². The lowest BCUT2D eigenvalue weighted by atomic mass is 9.82. The SMILES string of the molecule is CC1(C)[C@H]2C/C(=N/O)[C@](C)(NO)C[C@@H]21. The molecular weight excluding hydrogens is 180 g/mol. The van der Waals surface area contributed by atoms with E-state index >= 15 is 0 Å². The molecule has 3 atom stereocenters. The van der Waals surface area contributed by atoms with Crippen LogP contribution in [0.1, 0.15) is 33.6 Å². The first-order valence-corrected chi connectivity index (χ1v) is 5.08. The van der Waals surface area contributed by atoms with Crippen molar-refractivity contribution in [2.45, 2.75) is 39.2 Å². The first kappa shape index (κ1) is 9.93. The molecule has 3 N–H and O–H groups in total. The summed E-state index contributed by atoms with van der Waals surface area (Å²) in [5, 5.41) is 21.3. The third kappa shape index (κ3) is 1.10. The Kier molecular flexibility index (Phi) is 1.92. The number of fused-ring (bicyclic) bond motifs is 1. The largest absolute Gasteiger partial charge is 0.411 e. The smallest absolute Gasteiger partial charge is 0.0818 e. The van der Waals surface area contributed by atoms with Crippen LogP contribution in [0.4, 0.5) is 0 Å². The van der Waals surface area contributed by atoms with Crippen LogP contribution in [0, 0.1) is 17.3 Å². The molecule has 0 aromatic carbocycles. The second kappa shape index (κ2) is 2.70. The van der Waals surface area contributed by atoms with E-state index in [1.807, 2.05) is 6.92 Å². The predicted molar refractivity (Wildman–Crippen MR) is 52.5 cm³/mol. The molecule has 0 bridgehead atoms. The summed E-state index contributed by atoms with van der Waals surface area (Å²) in [6.07, 6.45) is 1.64. The number of nitrogens with one attached hydrogen (secondary N) is 1. The first-order valence-electron chi connectivity index (χ1n) is 5.08. The quantitative estimate of drug-likeness (QED) is 0.443. The number of hydrogen-bond donors (Lipinski definition) is 3. The second-order valence-corrected chi connectivity index (χ2v) is 5.43. The summed E-state index contributed by atoms with van der Waals surface area (Å²) >= 11 is 0. The van der Waals surface area contributed by atoms with Crippen molar-refractivity contribution in [1.29, 1.82) is 0 Å². The average molecular weight is 198 g/mol. The molecule has 0 aliphatic heterocycles. The molecule has 2 aliphatic carbocycles. The van der Waals surface area contributed by atoms with Crippen LogP contribution in [-0.2, 0) is 0 Å². The Morgan fingerprint density at radius 3 is 2.50 bits per heavy atom. The topological polar surface area (TPSA) is 64.9 Å². The molecule has 2 fully saturated rings. The number of oxime groups is 1. The molecule has 0 amide bonds. The van der Waals surface area contributed by atoms with Gasteiger partial charge in [0.1, 0.15) is 0 Å². The molecule has 2 aliphatic rings. The first-order chi connectivity index (χ1) is 6.45. The lowest BCUT2D eigenvalue weighted by Crippen LogP contribution is -2.50. The van der Waals surface area contributed by atoms with Crippen molar-refractivity contribution in [3.63, 3.8) is 0 Å². The van der Waals surface area contributed by atoms with Gasteiger partial charge in [-0.25, -0.2) is 0 Å². The van der Waals surface area contributed by atoms with Gasteiger partial charge in [-0.2, -0.15) is 5.48 Å². The van der Waals surface area contributed by atoms with Gasteiger partial charge in [0.2, 0.25) is 0 Å². The average Bonchev–Trinajstić information content (AvgIpc) is 2.66. The van der Waals surface area contributed by atoms with E-state index in [0.717, 1.165) is 12.8 Å². The highest BCUT2D eigenvalue weighted by atomic mass is 16.5. The number of hydroxylamine groups is 1. The molecule has 0 radical (unpaired) electrons. The van der Waals surface area contributed by atoms with Crippen LogP contribution in [0.5, 0.6) is 0 Å². The summed E-state index contributed by atoms with van der Waals surface area (Å²) in [5.41, 5.74) is 2.76. The Hall–Kier alpha value is -0.610. The second-order valence-electron chi connectivity index (χ2n) is 5.43. The number of hydrogen-bond acceptors (Lipinski definition) is 4. The van der Waals surface area contributed by atoms with Crippen LogP contribution in [0.25, 0.3) is 0 Å². The van der Waals surface area contributed by atoms with Crippen LogP contribution in [0.15, 0.2) is 5.16 Å². The van der Waals surface area contributed by atoms with Crippen molar-refractivity contribution in [3.05, 3.63) is 0 Å². The van der Waals surface area contributed by atoms with Crippen LogP contribution in [0.3, 0.4) is 0 Å². The van der Waals surface area contributed by atoms with Crippen molar-refractivity contribution in [2.24, 2.45) is 22.4 Å². The van der Waals surface area contributed by atoms with Gasteiger partial charge in [0.25, 0.3) is 0 Å². The van der Waals surface area contributed by atoms with Gasteiger partial charge < -0.3 is 10.4 Å². The molecule has 80 valence electrons.